The Balaban J connectivity index is 1.88. The van der Waals surface area contributed by atoms with E-state index in [9.17, 15) is 9.59 Å². The van der Waals surface area contributed by atoms with Crippen LogP contribution in [0.5, 0.6) is 0 Å². The molecule has 0 aliphatic carbocycles. The molecule has 4 nitrogen and oxygen atoms in total. The predicted molar refractivity (Wildman–Crippen MR) is 90.0 cm³/mol. The Kier molecular flexibility index (Phi) is 5.44. The van der Waals surface area contributed by atoms with Crippen LogP contribution >= 0.6 is 15.9 Å². The maximum Gasteiger partial charge on any atom is 0.224 e. The number of pyridine rings is 1. The number of aromatic nitrogens is 1. The number of hydrogen-bond donors (Lipinski definition) is 1. The van der Waals surface area contributed by atoms with Crippen molar-refractivity contribution in [1.29, 1.82) is 0 Å². The summed E-state index contributed by atoms with van der Waals surface area (Å²) in [6, 6.07) is 9.10. The molecular weight excluding hydrogens is 344 g/mol. The number of rotatable bonds is 5. The zero-order chi connectivity index (χ0) is 16.1. The van der Waals surface area contributed by atoms with Crippen LogP contribution in [0.3, 0.4) is 0 Å². The van der Waals surface area contributed by atoms with Crippen LogP contribution in [0.2, 0.25) is 0 Å². The van der Waals surface area contributed by atoms with Gasteiger partial charge >= 0.3 is 0 Å². The molecule has 114 valence electrons. The van der Waals surface area contributed by atoms with Crippen molar-refractivity contribution in [2.45, 2.75) is 26.7 Å². The van der Waals surface area contributed by atoms with Gasteiger partial charge in [0.2, 0.25) is 5.91 Å². The molecule has 1 aromatic heterocycles. The Morgan fingerprint density at radius 3 is 2.50 bits per heavy atom. The first-order chi connectivity index (χ1) is 10.5. The van der Waals surface area contributed by atoms with Crippen molar-refractivity contribution in [2.75, 3.05) is 5.32 Å². The van der Waals surface area contributed by atoms with Crippen LogP contribution in [0.15, 0.2) is 41.1 Å². The molecule has 0 unspecified atom stereocenters. The highest BCUT2D eigenvalue weighted by Gasteiger charge is 2.10. The molecule has 0 saturated heterocycles. The molecule has 1 amide bonds. The molecule has 1 N–H and O–H groups in total. The summed E-state index contributed by atoms with van der Waals surface area (Å²) < 4.78 is 0.704. The highest BCUT2D eigenvalue weighted by atomic mass is 79.9. The van der Waals surface area contributed by atoms with Gasteiger partial charge in [-0.3, -0.25) is 9.59 Å². The second-order valence-electron chi connectivity index (χ2n) is 5.14. The molecule has 0 saturated carbocycles. The van der Waals surface area contributed by atoms with Crippen LogP contribution in [0.4, 0.5) is 5.69 Å². The summed E-state index contributed by atoms with van der Waals surface area (Å²) in [5.74, 6) is -0.214. The van der Waals surface area contributed by atoms with E-state index in [2.05, 4.69) is 26.2 Å². The highest BCUT2D eigenvalue weighted by molar-refractivity contribution is 9.10. The molecule has 0 aliphatic rings. The molecule has 1 heterocycles. The quantitative estimate of drug-likeness (QED) is 0.645. The number of anilines is 1. The maximum atomic E-state index is 12.1. The number of hydrogen-bond acceptors (Lipinski definition) is 3. The molecule has 0 bridgehead atoms. The van der Waals surface area contributed by atoms with Crippen molar-refractivity contribution in [1.82, 2.24) is 4.98 Å². The third-order valence-electron chi connectivity index (χ3n) is 3.42. The first-order valence-electron chi connectivity index (χ1n) is 6.97. The minimum absolute atomic E-state index is 0.0211. The molecule has 5 heteroatoms. The molecule has 2 aromatic rings. The summed E-state index contributed by atoms with van der Waals surface area (Å²) in [5.41, 5.74) is 3.50. The van der Waals surface area contributed by atoms with Gasteiger partial charge in [-0.15, -0.1) is 0 Å². The zero-order valence-corrected chi connectivity index (χ0v) is 14.1. The molecule has 0 spiro atoms. The predicted octanol–water partition coefficient (Wildman–Crippen LogP) is 4.06. The normalized spacial score (nSPS) is 10.3. The number of nitrogens with zero attached hydrogens (tertiary/aromatic N) is 1. The number of nitrogens with one attached hydrogen (secondary N) is 1. The summed E-state index contributed by atoms with van der Waals surface area (Å²) >= 11 is 3.23. The summed E-state index contributed by atoms with van der Waals surface area (Å²) in [6.07, 6.45) is 1.91. The van der Waals surface area contributed by atoms with Gasteiger partial charge in [0.1, 0.15) is 4.60 Å². The summed E-state index contributed by atoms with van der Waals surface area (Å²) in [4.78, 5) is 28.0. The molecule has 2 rings (SSSR count). The number of ketones is 1. The molecule has 0 radical (unpaired) electrons. The molecule has 0 fully saturated rings. The van der Waals surface area contributed by atoms with Gasteiger partial charge in [-0.1, -0.05) is 12.1 Å². The van der Waals surface area contributed by atoms with Crippen molar-refractivity contribution < 1.29 is 9.59 Å². The lowest BCUT2D eigenvalue weighted by Crippen LogP contribution is -2.13. The lowest BCUT2D eigenvalue weighted by Gasteiger charge is -2.06. The van der Waals surface area contributed by atoms with Gasteiger partial charge in [0.25, 0.3) is 0 Å². The standard InChI is InChI=1S/C17H17BrN2O2/c1-11-3-4-13(9-12(11)2)15(21)6-8-17(22)20-14-5-7-16(18)19-10-14/h3-5,7,9-10H,6,8H2,1-2H3,(H,20,22). The third kappa shape index (κ3) is 4.49. The lowest BCUT2D eigenvalue weighted by atomic mass is 10.0. The van der Waals surface area contributed by atoms with Crippen molar-refractivity contribution in [2.24, 2.45) is 0 Å². The smallest absolute Gasteiger partial charge is 0.224 e. The maximum absolute atomic E-state index is 12.1. The van der Waals surface area contributed by atoms with Gasteiger partial charge in [0.05, 0.1) is 11.9 Å². The highest BCUT2D eigenvalue weighted by Crippen LogP contribution is 2.14. The van der Waals surface area contributed by atoms with E-state index in [0.29, 0.717) is 15.9 Å². The Hall–Kier alpha value is -2.01. The Morgan fingerprint density at radius 2 is 1.86 bits per heavy atom. The van der Waals surface area contributed by atoms with Gasteiger partial charge in [-0.05, 0) is 59.1 Å². The molecule has 1 aromatic carbocycles. The van der Waals surface area contributed by atoms with Gasteiger partial charge in [0, 0.05) is 18.4 Å². The monoisotopic (exact) mass is 360 g/mol. The summed E-state index contributed by atoms with van der Waals surface area (Å²) in [7, 11) is 0. The van der Waals surface area contributed by atoms with Crippen LogP contribution in [0.25, 0.3) is 0 Å². The number of carbonyl (C=O) groups is 2. The van der Waals surface area contributed by atoms with Crippen LogP contribution < -0.4 is 5.32 Å². The van der Waals surface area contributed by atoms with Crippen LogP contribution in [0, 0.1) is 13.8 Å². The van der Waals surface area contributed by atoms with E-state index in [4.69, 9.17) is 0 Å². The second-order valence-corrected chi connectivity index (χ2v) is 5.95. The molecule has 0 atom stereocenters. The summed E-state index contributed by atoms with van der Waals surface area (Å²) in [5, 5.41) is 2.72. The number of Topliss-reactive ketones (excluding diaryl/α,β-unsaturated/α-hetero) is 1. The first kappa shape index (κ1) is 16.4. The van der Waals surface area contributed by atoms with Crippen molar-refractivity contribution in [3.8, 4) is 0 Å². The number of carbonyl (C=O) groups excluding carboxylic acids is 2. The Labute approximate surface area is 138 Å². The van der Waals surface area contributed by atoms with Crippen LogP contribution in [0.1, 0.15) is 34.3 Å². The number of aryl methyl sites for hydroxylation is 2. The van der Waals surface area contributed by atoms with Crippen molar-refractivity contribution in [3.05, 3.63) is 57.8 Å². The SMILES string of the molecule is Cc1ccc(C(=O)CCC(=O)Nc2ccc(Br)nc2)cc1C. The van der Waals surface area contributed by atoms with Gasteiger partial charge < -0.3 is 5.32 Å². The van der Waals surface area contributed by atoms with Crippen molar-refractivity contribution in [3.63, 3.8) is 0 Å². The summed E-state index contributed by atoms with van der Waals surface area (Å²) in [6.45, 7) is 3.97. The van der Waals surface area contributed by atoms with E-state index in [1.807, 2.05) is 26.0 Å². The fourth-order valence-corrected chi connectivity index (χ4v) is 2.19. The van der Waals surface area contributed by atoms with Crippen LogP contribution in [-0.4, -0.2) is 16.7 Å². The van der Waals surface area contributed by atoms with E-state index in [-0.39, 0.29) is 24.5 Å². The first-order valence-corrected chi connectivity index (χ1v) is 7.77. The number of halogens is 1. The lowest BCUT2D eigenvalue weighted by molar-refractivity contribution is -0.116. The largest absolute Gasteiger partial charge is 0.325 e. The van der Waals surface area contributed by atoms with Crippen LogP contribution in [-0.2, 0) is 4.79 Å². The van der Waals surface area contributed by atoms with E-state index in [0.717, 1.165) is 11.1 Å². The molecular formula is C17H17BrN2O2. The van der Waals surface area contributed by atoms with E-state index < -0.39 is 0 Å². The number of benzene rings is 1. The van der Waals surface area contributed by atoms with E-state index in [1.165, 1.54) is 0 Å². The number of amides is 1. The molecule has 0 aliphatic heterocycles. The fraction of sp³-hybridized carbons (Fsp3) is 0.235. The molecule has 22 heavy (non-hydrogen) atoms. The Bertz CT molecular complexity index is 696. The second kappa shape index (κ2) is 7.31. The Morgan fingerprint density at radius 1 is 1.09 bits per heavy atom. The fourth-order valence-electron chi connectivity index (χ4n) is 1.96. The van der Waals surface area contributed by atoms with Gasteiger partial charge in [0.15, 0.2) is 5.78 Å². The van der Waals surface area contributed by atoms with Gasteiger partial charge in [-0.25, -0.2) is 4.98 Å². The topological polar surface area (TPSA) is 59.1 Å². The zero-order valence-electron chi connectivity index (χ0n) is 12.5. The average molecular weight is 361 g/mol. The third-order valence-corrected chi connectivity index (χ3v) is 3.89. The van der Waals surface area contributed by atoms with Gasteiger partial charge in [-0.2, -0.15) is 0 Å². The minimum Gasteiger partial charge on any atom is -0.325 e. The van der Waals surface area contributed by atoms with Crippen molar-refractivity contribution >= 4 is 33.3 Å². The van der Waals surface area contributed by atoms with E-state index >= 15 is 0 Å². The average Bonchev–Trinajstić information content (AvgIpc) is 2.50. The minimum atomic E-state index is -0.193. The van der Waals surface area contributed by atoms with E-state index in [1.54, 1.807) is 24.4 Å².